The summed E-state index contributed by atoms with van der Waals surface area (Å²) in [4.78, 5) is 13.8. The largest absolute Gasteiger partial charge is 1.00 e. The van der Waals surface area contributed by atoms with E-state index >= 15 is 0 Å². The van der Waals surface area contributed by atoms with Gasteiger partial charge in [-0.25, -0.2) is 0 Å². The smallest absolute Gasteiger partial charge is 1.00 e. The second kappa shape index (κ2) is 12.7. The molecule has 0 bridgehead atoms. The van der Waals surface area contributed by atoms with Gasteiger partial charge in [0.15, 0.2) is 5.52 Å². The molecule has 0 heterocycles. The van der Waals surface area contributed by atoms with Crippen LogP contribution in [0.3, 0.4) is 0 Å². The van der Waals surface area contributed by atoms with Crippen LogP contribution in [0.5, 0.6) is 34.5 Å². The minimum Gasteiger partial charge on any atom is -1.00 e. The molecule has 7 nitrogen and oxygen atoms in total. The van der Waals surface area contributed by atoms with Crippen LogP contribution in [0, 0.1) is 0 Å². The van der Waals surface area contributed by atoms with E-state index in [1.165, 1.54) is 14.2 Å². The van der Waals surface area contributed by atoms with Crippen LogP contribution in [-0.2, 0) is 0 Å². The first-order valence-electron chi connectivity index (χ1n) is 11.8. The average Bonchev–Trinajstić information content (AvgIpc) is 2.71. The molecule has 0 saturated carbocycles. The standard InChI is InChI=1S/C28H41O7P.Li.H/c1-26(2,3)33-18-15-21(34-27(4,5)6)24(22(16-18)35-28(7,8)9)36-25(29)23-19(31-11)13-17(30-10)14-20(23)32-12;;/h13-16,36H,1-12H3;;/q;+1;-1. The number of methoxy groups -OCH3 is 3. The zero-order valence-corrected chi connectivity index (χ0v) is 25.7. The number of carbonyl (C=O) groups excluding carboxylic acids is 1. The van der Waals surface area contributed by atoms with E-state index in [0.29, 0.717) is 45.4 Å². The minimum atomic E-state index is -0.517. The van der Waals surface area contributed by atoms with Gasteiger partial charge in [-0.3, -0.25) is 4.79 Å². The van der Waals surface area contributed by atoms with Gasteiger partial charge < -0.3 is 29.8 Å². The van der Waals surface area contributed by atoms with Crippen molar-refractivity contribution >= 4 is 19.4 Å². The molecule has 202 valence electrons. The quantitative estimate of drug-likeness (QED) is 0.365. The Morgan fingerprint density at radius 2 is 1.00 bits per heavy atom. The van der Waals surface area contributed by atoms with Crippen LogP contribution in [0.2, 0.25) is 0 Å². The van der Waals surface area contributed by atoms with Crippen molar-refractivity contribution in [3.05, 3.63) is 29.8 Å². The number of ether oxygens (including phenoxy) is 6. The van der Waals surface area contributed by atoms with Crippen LogP contribution in [0.4, 0.5) is 0 Å². The fourth-order valence-corrected chi connectivity index (χ4v) is 4.42. The molecule has 9 heteroatoms. The summed E-state index contributed by atoms with van der Waals surface area (Å²) in [5, 5.41) is 0.644. The van der Waals surface area contributed by atoms with Gasteiger partial charge >= 0.3 is 18.9 Å². The average molecular weight is 529 g/mol. The van der Waals surface area contributed by atoms with Gasteiger partial charge in [0, 0.05) is 24.3 Å². The minimum absolute atomic E-state index is 0. The molecule has 0 aliphatic rings. The van der Waals surface area contributed by atoms with E-state index in [1.54, 1.807) is 19.2 Å². The predicted molar refractivity (Wildman–Crippen MR) is 147 cm³/mol. The van der Waals surface area contributed by atoms with Gasteiger partial charge in [0.2, 0.25) is 0 Å². The summed E-state index contributed by atoms with van der Waals surface area (Å²) in [5.74, 6) is 2.92. The maximum absolute atomic E-state index is 13.8. The number of carbonyl (C=O) groups is 1. The Bertz CT molecular complexity index is 1020. The van der Waals surface area contributed by atoms with Crippen molar-refractivity contribution in [2.24, 2.45) is 0 Å². The zero-order valence-electron chi connectivity index (χ0n) is 25.7. The molecule has 1 atom stereocenters. The van der Waals surface area contributed by atoms with Crippen LogP contribution in [0.1, 0.15) is 74.1 Å². The molecule has 0 amide bonds. The molecular formula is C28H42LiO7P. The topological polar surface area (TPSA) is 72.5 Å². The molecule has 0 aliphatic carbocycles. The van der Waals surface area contributed by atoms with Crippen LogP contribution >= 0.6 is 8.58 Å². The molecule has 0 spiro atoms. The van der Waals surface area contributed by atoms with Gasteiger partial charge in [0.1, 0.15) is 56.9 Å². The van der Waals surface area contributed by atoms with E-state index in [-0.39, 0.29) is 34.4 Å². The molecule has 2 aromatic carbocycles. The third-order valence-electron chi connectivity index (χ3n) is 4.48. The summed E-state index contributed by atoms with van der Waals surface area (Å²) >= 11 is 0. The molecule has 2 rings (SSSR count). The van der Waals surface area contributed by atoms with Gasteiger partial charge in [-0.05, 0) is 70.9 Å². The van der Waals surface area contributed by atoms with Crippen molar-refractivity contribution in [2.45, 2.75) is 79.1 Å². The summed E-state index contributed by atoms with van der Waals surface area (Å²) in [6.07, 6.45) is 0. The van der Waals surface area contributed by atoms with Crippen molar-refractivity contribution in [2.75, 3.05) is 21.3 Å². The van der Waals surface area contributed by atoms with Crippen molar-refractivity contribution in [1.82, 2.24) is 0 Å². The Labute approximate surface area is 237 Å². The first-order chi connectivity index (χ1) is 16.5. The normalized spacial score (nSPS) is 12.1. The fourth-order valence-electron chi connectivity index (χ4n) is 3.33. The SMILES string of the molecule is COc1cc(OC)c(C(=O)Pc2c(OC(C)(C)C)cc(OC(C)(C)C)cc2OC(C)(C)C)c(OC)c1.[H-].[Li+]. The van der Waals surface area contributed by atoms with Crippen LogP contribution < -0.4 is 52.6 Å². The Morgan fingerprint density at radius 3 is 1.32 bits per heavy atom. The van der Waals surface area contributed by atoms with Gasteiger partial charge in [0.05, 0.1) is 26.6 Å². The number of hydrogen-bond acceptors (Lipinski definition) is 7. The maximum atomic E-state index is 13.8. The zero-order chi connectivity index (χ0) is 27.5. The summed E-state index contributed by atoms with van der Waals surface area (Å²) in [5.41, 5.74) is -1.32. The van der Waals surface area contributed by atoms with Gasteiger partial charge in [0.25, 0.3) is 0 Å². The third kappa shape index (κ3) is 9.97. The molecule has 0 aliphatic heterocycles. The third-order valence-corrected chi connectivity index (χ3v) is 5.70. The summed E-state index contributed by atoms with van der Waals surface area (Å²) in [6.45, 7) is 17.7. The van der Waals surface area contributed by atoms with Crippen molar-refractivity contribution < 1.29 is 53.5 Å². The first-order valence-corrected chi connectivity index (χ1v) is 12.8. The molecular weight excluding hydrogens is 486 g/mol. The Morgan fingerprint density at radius 1 is 0.622 bits per heavy atom. The van der Waals surface area contributed by atoms with E-state index < -0.39 is 16.8 Å². The van der Waals surface area contributed by atoms with Gasteiger partial charge in [-0.1, -0.05) is 0 Å². The van der Waals surface area contributed by atoms with Gasteiger partial charge in [-0.2, -0.15) is 0 Å². The molecule has 0 aromatic heterocycles. The Kier molecular flexibility index (Phi) is 11.3. The van der Waals surface area contributed by atoms with E-state index in [0.717, 1.165) is 0 Å². The summed E-state index contributed by atoms with van der Waals surface area (Å²) in [6, 6.07) is 6.98. The molecule has 0 fully saturated rings. The predicted octanol–water partition coefficient (Wildman–Crippen LogP) is 3.51. The first kappa shape index (κ1) is 33.0. The second-order valence-corrected chi connectivity index (χ2v) is 12.5. The second-order valence-electron chi connectivity index (χ2n) is 11.3. The van der Waals surface area contributed by atoms with Crippen LogP contribution in [-0.4, -0.2) is 43.7 Å². The van der Waals surface area contributed by atoms with Crippen LogP contribution in [0.15, 0.2) is 24.3 Å². The Balaban J connectivity index is 0.00000684. The molecule has 0 saturated heterocycles. The monoisotopic (exact) mass is 528 g/mol. The summed E-state index contributed by atoms with van der Waals surface area (Å²) < 4.78 is 35.2. The Hall–Kier alpha value is -2.06. The van der Waals surface area contributed by atoms with E-state index in [4.69, 9.17) is 28.4 Å². The summed E-state index contributed by atoms with van der Waals surface area (Å²) in [7, 11) is 4.22. The van der Waals surface area contributed by atoms with Crippen molar-refractivity contribution in [3.63, 3.8) is 0 Å². The van der Waals surface area contributed by atoms with Crippen LogP contribution in [0.25, 0.3) is 0 Å². The molecule has 0 N–H and O–H groups in total. The number of rotatable bonds is 9. The molecule has 2 aromatic rings. The molecule has 0 radical (unpaired) electrons. The van der Waals surface area contributed by atoms with Crippen molar-refractivity contribution in [3.8, 4) is 34.5 Å². The van der Waals surface area contributed by atoms with E-state index in [1.807, 2.05) is 74.4 Å². The van der Waals surface area contributed by atoms with E-state index in [2.05, 4.69) is 0 Å². The number of hydrogen-bond donors (Lipinski definition) is 0. The van der Waals surface area contributed by atoms with Gasteiger partial charge in [-0.15, -0.1) is 0 Å². The fraction of sp³-hybridized carbons (Fsp3) is 0.536. The molecule has 1 unspecified atom stereocenters. The van der Waals surface area contributed by atoms with E-state index in [9.17, 15) is 4.79 Å². The molecule has 37 heavy (non-hydrogen) atoms. The number of benzene rings is 2. The van der Waals surface area contributed by atoms with Crippen molar-refractivity contribution in [1.29, 1.82) is 0 Å². The maximum Gasteiger partial charge on any atom is 1.00 e.